The Balaban J connectivity index is 1.61. The minimum absolute atomic E-state index is 0.287. The summed E-state index contributed by atoms with van der Waals surface area (Å²) in [7, 11) is 0. The molecule has 2 N–H and O–H groups in total. The second-order valence-electron chi connectivity index (χ2n) is 4.59. The number of H-pyrrole nitrogens is 1. The molecule has 110 valence electrons. The van der Waals surface area contributed by atoms with Crippen molar-refractivity contribution in [3.05, 3.63) is 59.7 Å². The van der Waals surface area contributed by atoms with Crippen LogP contribution in [0.2, 0.25) is 0 Å². The lowest BCUT2D eigenvalue weighted by Crippen LogP contribution is -2.24. The summed E-state index contributed by atoms with van der Waals surface area (Å²) in [5, 5.41) is 2.71. The number of imidazole rings is 1. The van der Waals surface area contributed by atoms with E-state index in [-0.39, 0.29) is 6.61 Å². The molecule has 0 fully saturated rings. The van der Waals surface area contributed by atoms with Crippen LogP contribution in [-0.4, -0.2) is 22.6 Å². The van der Waals surface area contributed by atoms with Gasteiger partial charge >= 0.3 is 6.09 Å². The zero-order valence-corrected chi connectivity index (χ0v) is 12.0. The highest BCUT2D eigenvalue weighted by molar-refractivity contribution is 5.67. The molecule has 0 radical (unpaired) electrons. The SMILES string of the molecule is Cc1[nH]cnc1C=CCCNC(=O)OCc1ccccc1. The first-order valence-corrected chi connectivity index (χ1v) is 6.87. The van der Waals surface area contributed by atoms with Crippen molar-refractivity contribution in [2.24, 2.45) is 0 Å². The summed E-state index contributed by atoms with van der Waals surface area (Å²) < 4.78 is 5.11. The van der Waals surface area contributed by atoms with Crippen LogP contribution in [0.25, 0.3) is 6.08 Å². The Hall–Kier alpha value is -2.56. The molecule has 0 bridgehead atoms. The predicted molar refractivity (Wildman–Crippen MR) is 81.6 cm³/mol. The molecule has 0 atom stereocenters. The fraction of sp³-hybridized carbons (Fsp3) is 0.250. The van der Waals surface area contributed by atoms with E-state index in [1.165, 1.54) is 0 Å². The normalized spacial score (nSPS) is 10.7. The number of carbonyl (C=O) groups is 1. The minimum atomic E-state index is -0.400. The molecule has 0 aliphatic rings. The van der Waals surface area contributed by atoms with Crippen molar-refractivity contribution in [3.63, 3.8) is 0 Å². The number of aromatic nitrogens is 2. The quantitative estimate of drug-likeness (QED) is 0.802. The van der Waals surface area contributed by atoms with Crippen molar-refractivity contribution in [1.82, 2.24) is 15.3 Å². The van der Waals surface area contributed by atoms with Crippen molar-refractivity contribution in [3.8, 4) is 0 Å². The molecule has 0 saturated carbocycles. The minimum Gasteiger partial charge on any atom is -0.445 e. The number of benzene rings is 1. The zero-order valence-electron chi connectivity index (χ0n) is 12.0. The highest BCUT2D eigenvalue weighted by atomic mass is 16.5. The fourth-order valence-corrected chi connectivity index (χ4v) is 1.76. The van der Waals surface area contributed by atoms with E-state index < -0.39 is 6.09 Å². The van der Waals surface area contributed by atoms with Crippen LogP contribution in [-0.2, 0) is 11.3 Å². The van der Waals surface area contributed by atoms with Crippen LogP contribution >= 0.6 is 0 Å². The lowest BCUT2D eigenvalue weighted by atomic mass is 10.2. The van der Waals surface area contributed by atoms with Gasteiger partial charge < -0.3 is 15.0 Å². The second kappa shape index (κ2) is 7.89. The zero-order chi connectivity index (χ0) is 14.9. The number of alkyl carbamates (subject to hydrolysis) is 1. The second-order valence-corrected chi connectivity index (χ2v) is 4.59. The lowest BCUT2D eigenvalue weighted by molar-refractivity contribution is 0.140. The van der Waals surface area contributed by atoms with Gasteiger partial charge in [-0.2, -0.15) is 0 Å². The van der Waals surface area contributed by atoms with E-state index in [1.54, 1.807) is 6.33 Å². The number of nitrogens with zero attached hydrogens (tertiary/aromatic N) is 1. The van der Waals surface area contributed by atoms with Gasteiger partial charge in [-0.3, -0.25) is 0 Å². The molecule has 5 heteroatoms. The number of ether oxygens (including phenoxy) is 1. The maximum absolute atomic E-state index is 11.5. The maximum atomic E-state index is 11.5. The summed E-state index contributed by atoms with van der Waals surface area (Å²) in [5.74, 6) is 0. The summed E-state index contributed by atoms with van der Waals surface area (Å²) in [4.78, 5) is 18.7. The highest BCUT2D eigenvalue weighted by Gasteiger charge is 2.00. The molecule has 0 saturated heterocycles. The Labute approximate surface area is 124 Å². The first kappa shape index (κ1) is 14.8. The van der Waals surface area contributed by atoms with Gasteiger partial charge in [0.1, 0.15) is 6.61 Å². The summed E-state index contributed by atoms with van der Waals surface area (Å²) in [6.45, 7) is 2.79. The van der Waals surface area contributed by atoms with Crippen LogP contribution in [0.5, 0.6) is 0 Å². The van der Waals surface area contributed by atoms with E-state index in [9.17, 15) is 4.79 Å². The van der Waals surface area contributed by atoms with Gasteiger partial charge in [-0.25, -0.2) is 9.78 Å². The molecule has 2 aromatic rings. The Kier molecular flexibility index (Phi) is 5.58. The summed E-state index contributed by atoms with van der Waals surface area (Å²) >= 11 is 0. The smallest absolute Gasteiger partial charge is 0.407 e. The van der Waals surface area contributed by atoms with Gasteiger partial charge in [-0.1, -0.05) is 36.4 Å². The molecule has 21 heavy (non-hydrogen) atoms. The van der Waals surface area contributed by atoms with Crippen LogP contribution in [0, 0.1) is 6.92 Å². The Morgan fingerprint density at radius 3 is 2.90 bits per heavy atom. The molecule has 1 aromatic carbocycles. The molecule has 0 unspecified atom stereocenters. The van der Waals surface area contributed by atoms with Crippen molar-refractivity contribution >= 4 is 12.2 Å². The average molecular weight is 285 g/mol. The third-order valence-corrected chi connectivity index (χ3v) is 2.94. The Morgan fingerprint density at radius 2 is 2.19 bits per heavy atom. The van der Waals surface area contributed by atoms with Gasteiger partial charge in [0.25, 0.3) is 0 Å². The van der Waals surface area contributed by atoms with Crippen LogP contribution in [0.15, 0.2) is 42.7 Å². The van der Waals surface area contributed by atoms with Gasteiger partial charge in [0, 0.05) is 12.2 Å². The predicted octanol–water partition coefficient (Wildman–Crippen LogP) is 3.05. The van der Waals surface area contributed by atoms with Gasteiger partial charge in [-0.05, 0) is 25.0 Å². The number of rotatable bonds is 6. The molecule has 1 aromatic heterocycles. The molecule has 0 aliphatic heterocycles. The molecule has 0 aliphatic carbocycles. The maximum Gasteiger partial charge on any atom is 0.407 e. The number of nitrogens with one attached hydrogen (secondary N) is 2. The monoisotopic (exact) mass is 285 g/mol. The first-order chi connectivity index (χ1) is 10.3. The van der Waals surface area contributed by atoms with Gasteiger partial charge in [-0.15, -0.1) is 0 Å². The molecule has 1 heterocycles. The van der Waals surface area contributed by atoms with Crippen LogP contribution < -0.4 is 5.32 Å². The van der Waals surface area contributed by atoms with E-state index in [1.807, 2.05) is 49.4 Å². The number of aryl methyl sites for hydroxylation is 1. The largest absolute Gasteiger partial charge is 0.445 e. The van der Waals surface area contributed by atoms with Gasteiger partial charge in [0.15, 0.2) is 0 Å². The Morgan fingerprint density at radius 1 is 1.38 bits per heavy atom. The van der Waals surface area contributed by atoms with Gasteiger partial charge in [0.05, 0.1) is 12.0 Å². The van der Waals surface area contributed by atoms with Crippen LogP contribution in [0.3, 0.4) is 0 Å². The van der Waals surface area contributed by atoms with E-state index in [0.29, 0.717) is 6.54 Å². The summed E-state index contributed by atoms with van der Waals surface area (Å²) in [5.41, 5.74) is 2.92. The average Bonchev–Trinajstić information content (AvgIpc) is 2.91. The van der Waals surface area contributed by atoms with Crippen molar-refractivity contribution in [2.75, 3.05) is 6.54 Å². The standard InChI is InChI=1S/C16H19N3O2/c1-13-15(19-12-18-13)9-5-6-10-17-16(20)21-11-14-7-3-2-4-8-14/h2-5,7-9,12H,6,10-11H2,1H3,(H,17,20)(H,18,19). The van der Waals surface area contributed by atoms with E-state index >= 15 is 0 Å². The topological polar surface area (TPSA) is 67.0 Å². The van der Waals surface area contributed by atoms with Crippen molar-refractivity contribution < 1.29 is 9.53 Å². The number of aromatic amines is 1. The number of carbonyl (C=O) groups excluding carboxylic acids is 1. The third kappa shape index (κ3) is 5.14. The van der Waals surface area contributed by atoms with Crippen molar-refractivity contribution in [2.45, 2.75) is 20.0 Å². The van der Waals surface area contributed by atoms with E-state index in [0.717, 1.165) is 23.4 Å². The molecular formula is C16H19N3O2. The number of hydrogen-bond donors (Lipinski definition) is 2. The summed E-state index contributed by atoms with van der Waals surface area (Å²) in [6.07, 6.45) is 5.90. The summed E-state index contributed by atoms with van der Waals surface area (Å²) in [6, 6.07) is 9.60. The lowest BCUT2D eigenvalue weighted by Gasteiger charge is -2.05. The van der Waals surface area contributed by atoms with E-state index in [4.69, 9.17) is 4.74 Å². The molecule has 5 nitrogen and oxygen atoms in total. The highest BCUT2D eigenvalue weighted by Crippen LogP contribution is 2.03. The molecule has 0 spiro atoms. The van der Waals surface area contributed by atoms with Gasteiger partial charge in [0.2, 0.25) is 0 Å². The first-order valence-electron chi connectivity index (χ1n) is 6.87. The van der Waals surface area contributed by atoms with Crippen LogP contribution in [0.4, 0.5) is 4.79 Å². The fourth-order valence-electron chi connectivity index (χ4n) is 1.76. The molecule has 2 rings (SSSR count). The number of hydrogen-bond acceptors (Lipinski definition) is 3. The van der Waals surface area contributed by atoms with E-state index in [2.05, 4.69) is 15.3 Å². The van der Waals surface area contributed by atoms with Crippen LogP contribution in [0.1, 0.15) is 23.4 Å². The number of amides is 1. The molecular weight excluding hydrogens is 266 g/mol. The molecule has 1 amide bonds. The van der Waals surface area contributed by atoms with Crippen molar-refractivity contribution in [1.29, 1.82) is 0 Å². The Bertz CT molecular complexity index is 591. The third-order valence-electron chi connectivity index (χ3n) is 2.94.